The number of ether oxygens (including phenoxy) is 1. The Hall–Kier alpha value is -2.14. The molecule has 0 N–H and O–H groups in total. The lowest BCUT2D eigenvalue weighted by molar-refractivity contribution is 0.0524. The number of rotatable bonds is 3. The molecule has 0 aliphatic heterocycles. The third-order valence-electron chi connectivity index (χ3n) is 2.61. The van der Waals surface area contributed by atoms with Crippen LogP contribution in [0.4, 0.5) is 4.39 Å². The Morgan fingerprint density at radius 1 is 1.25 bits per heavy atom. The van der Waals surface area contributed by atoms with Gasteiger partial charge in [0.15, 0.2) is 0 Å². The number of esters is 1. The van der Waals surface area contributed by atoms with Gasteiger partial charge in [-0.15, -0.1) is 0 Å². The van der Waals surface area contributed by atoms with Crippen LogP contribution in [0.1, 0.15) is 17.3 Å². The molecule has 1 aromatic heterocycles. The summed E-state index contributed by atoms with van der Waals surface area (Å²) < 4.78 is 18.8. The number of carbonyl (C=O) groups excluding carboxylic acids is 1. The van der Waals surface area contributed by atoms with E-state index < -0.39 is 17.3 Å². The third kappa shape index (κ3) is 2.72. The second-order valence-corrected chi connectivity index (χ2v) is 4.29. The maximum atomic E-state index is 12.9. The number of pyridine rings is 1. The molecule has 0 aliphatic carbocycles. The molecule has 104 valence electrons. The summed E-state index contributed by atoms with van der Waals surface area (Å²) in [6.45, 7) is 1.81. The maximum Gasteiger partial charge on any atom is 0.343 e. The van der Waals surface area contributed by atoms with Crippen molar-refractivity contribution in [3.63, 3.8) is 0 Å². The molecule has 0 aliphatic rings. The zero-order chi connectivity index (χ0) is 14.7. The first-order valence-electron chi connectivity index (χ1n) is 5.89. The van der Waals surface area contributed by atoms with Crippen molar-refractivity contribution in [3.8, 4) is 5.69 Å². The molecule has 20 heavy (non-hydrogen) atoms. The van der Waals surface area contributed by atoms with Gasteiger partial charge in [0.2, 0.25) is 0 Å². The second kappa shape index (κ2) is 5.88. The number of hydrogen-bond acceptors (Lipinski definition) is 3. The van der Waals surface area contributed by atoms with E-state index >= 15 is 0 Å². The Labute approximate surface area is 119 Å². The summed E-state index contributed by atoms with van der Waals surface area (Å²) in [6, 6.07) is 7.93. The average Bonchev–Trinajstić information content (AvgIpc) is 2.41. The minimum Gasteiger partial charge on any atom is -0.462 e. The molecule has 4 nitrogen and oxygen atoms in total. The Kier molecular flexibility index (Phi) is 4.20. The number of benzene rings is 1. The van der Waals surface area contributed by atoms with E-state index in [1.807, 2.05) is 0 Å². The van der Waals surface area contributed by atoms with E-state index in [1.165, 1.54) is 36.4 Å². The summed E-state index contributed by atoms with van der Waals surface area (Å²) >= 11 is 5.97. The lowest BCUT2D eigenvalue weighted by Gasteiger charge is -2.10. The summed E-state index contributed by atoms with van der Waals surface area (Å²) in [5, 5.41) is 0.120. The van der Waals surface area contributed by atoms with E-state index in [1.54, 1.807) is 6.92 Å². The molecular formula is C14H11ClFNO3. The highest BCUT2D eigenvalue weighted by Gasteiger charge is 2.16. The van der Waals surface area contributed by atoms with Gasteiger partial charge in [-0.1, -0.05) is 11.6 Å². The lowest BCUT2D eigenvalue weighted by atomic mass is 10.2. The first-order chi connectivity index (χ1) is 9.54. The number of aromatic nitrogens is 1. The van der Waals surface area contributed by atoms with Crippen molar-refractivity contribution in [1.82, 2.24) is 4.57 Å². The summed E-state index contributed by atoms with van der Waals surface area (Å²) in [7, 11) is 0. The van der Waals surface area contributed by atoms with E-state index in [4.69, 9.17) is 16.3 Å². The third-order valence-corrected chi connectivity index (χ3v) is 2.91. The number of hydrogen-bond donors (Lipinski definition) is 0. The quantitative estimate of drug-likeness (QED) is 0.646. The van der Waals surface area contributed by atoms with Crippen molar-refractivity contribution >= 4 is 17.6 Å². The molecule has 0 atom stereocenters. The van der Waals surface area contributed by atoms with Gasteiger partial charge in [0, 0.05) is 0 Å². The minimum absolute atomic E-state index is 0.120. The van der Waals surface area contributed by atoms with Crippen LogP contribution >= 0.6 is 11.6 Å². The summed E-state index contributed by atoms with van der Waals surface area (Å²) in [6.07, 6.45) is 0. The van der Waals surface area contributed by atoms with E-state index in [2.05, 4.69) is 0 Å². The Morgan fingerprint density at radius 3 is 2.50 bits per heavy atom. The first-order valence-corrected chi connectivity index (χ1v) is 6.27. The highest BCUT2D eigenvalue weighted by Crippen LogP contribution is 2.15. The smallest absolute Gasteiger partial charge is 0.343 e. The highest BCUT2D eigenvalue weighted by atomic mass is 35.5. The predicted octanol–water partition coefficient (Wildman–Crippen LogP) is 2.81. The monoisotopic (exact) mass is 295 g/mol. The Bertz CT molecular complexity index is 695. The molecule has 2 aromatic rings. The molecule has 0 unspecified atom stereocenters. The Morgan fingerprint density at radius 2 is 1.90 bits per heavy atom. The van der Waals surface area contributed by atoms with E-state index in [-0.39, 0.29) is 17.3 Å². The molecular weight excluding hydrogens is 285 g/mol. The lowest BCUT2D eigenvalue weighted by Crippen LogP contribution is -2.26. The van der Waals surface area contributed by atoms with Crippen molar-refractivity contribution in [3.05, 3.63) is 63.3 Å². The van der Waals surface area contributed by atoms with Gasteiger partial charge in [-0.25, -0.2) is 9.18 Å². The zero-order valence-electron chi connectivity index (χ0n) is 10.6. The van der Waals surface area contributed by atoms with Gasteiger partial charge >= 0.3 is 5.97 Å². The molecule has 0 amide bonds. The largest absolute Gasteiger partial charge is 0.462 e. The topological polar surface area (TPSA) is 48.3 Å². The van der Waals surface area contributed by atoms with Gasteiger partial charge in [-0.3, -0.25) is 9.36 Å². The molecule has 0 fully saturated rings. The standard InChI is InChI=1S/C14H11ClFNO3/c1-2-20-14(19)11-7-8-12(15)17(13(11)18)10-5-3-9(16)4-6-10/h3-8H,2H2,1H3. The van der Waals surface area contributed by atoms with Crippen LogP contribution in [0, 0.1) is 5.82 Å². The van der Waals surface area contributed by atoms with Crippen LogP contribution < -0.4 is 5.56 Å². The number of halogens is 2. The van der Waals surface area contributed by atoms with Gasteiger partial charge in [0.05, 0.1) is 12.3 Å². The zero-order valence-corrected chi connectivity index (χ0v) is 11.4. The fourth-order valence-electron chi connectivity index (χ4n) is 1.71. The van der Waals surface area contributed by atoms with Crippen molar-refractivity contribution in [2.75, 3.05) is 6.61 Å². The van der Waals surface area contributed by atoms with Crippen molar-refractivity contribution in [1.29, 1.82) is 0 Å². The van der Waals surface area contributed by atoms with Crippen molar-refractivity contribution in [2.45, 2.75) is 6.92 Å². The molecule has 1 heterocycles. The van der Waals surface area contributed by atoms with Crippen LogP contribution in [0.15, 0.2) is 41.2 Å². The van der Waals surface area contributed by atoms with E-state index in [9.17, 15) is 14.0 Å². The van der Waals surface area contributed by atoms with Crippen molar-refractivity contribution in [2.24, 2.45) is 0 Å². The summed E-state index contributed by atoms with van der Waals surface area (Å²) in [5.41, 5.74) is -0.365. The molecule has 0 saturated carbocycles. The molecule has 6 heteroatoms. The Balaban J connectivity index is 2.58. The van der Waals surface area contributed by atoms with Gasteiger partial charge in [0.1, 0.15) is 16.5 Å². The fraction of sp³-hybridized carbons (Fsp3) is 0.143. The van der Waals surface area contributed by atoms with Crippen LogP contribution in [-0.4, -0.2) is 17.1 Å². The first kappa shape index (κ1) is 14.3. The normalized spacial score (nSPS) is 10.3. The van der Waals surface area contributed by atoms with E-state index in [0.29, 0.717) is 5.69 Å². The minimum atomic E-state index is -0.718. The van der Waals surface area contributed by atoms with Gasteiger partial charge < -0.3 is 4.74 Å². The summed E-state index contributed by atoms with van der Waals surface area (Å²) in [5.74, 6) is -1.15. The number of nitrogens with zero attached hydrogens (tertiary/aromatic N) is 1. The van der Waals surface area contributed by atoms with Crippen LogP contribution in [0.2, 0.25) is 5.15 Å². The van der Waals surface area contributed by atoms with Crippen LogP contribution in [0.3, 0.4) is 0 Å². The SMILES string of the molecule is CCOC(=O)c1ccc(Cl)n(-c2ccc(F)cc2)c1=O. The fourth-order valence-corrected chi connectivity index (χ4v) is 1.95. The highest BCUT2D eigenvalue weighted by molar-refractivity contribution is 6.29. The molecule has 0 radical (unpaired) electrons. The molecule has 0 spiro atoms. The van der Waals surface area contributed by atoms with Crippen LogP contribution in [-0.2, 0) is 4.74 Å². The van der Waals surface area contributed by atoms with E-state index in [0.717, 1.165) is 4.57 Å². The van der Waals surface area contributed by atoms with Crippen LogP contribution in [0.25, 0.3) is 5.69 Å². The average molecular weight is 296 g/mol. The molecule has 0 bridgehead atoms. The van der Waals surface area contributed by atoms with Gasteiger partial charge in [-0.2, -0.15) is 0 Å². The predicted molar refractivity (Wildman–Crippen MR) is 73.0 cm³/mol. The number of carbonyl (C=O) groups is 1. The van der Waals surface area contributed by atoms with Gasteiger partial charge in [-0.05, 0) is 43.3 Å². The maximum absolute atomic E-state index is 12.9. The van der Waals surface area contributed by atoms with Crippen LogP contribution in [0.5, 0.6) is 0 Å². The molecule has 0 saturated heterocycles. The summed E-state index contributed by atoms with van der Waals surface area (Å²) in [4.78, 5) is 24.0. The van der Waals surface area contributed by atoms with Gasteiger partial charge in [0.25, 0.3) is 5.56 Å². The van der Waals surface area contributed by atoms with Crippen molar-refractivity contribution < 1.29 is 13.9 Å². The molecule has 2 rings (SSSR count). The second-order valence-electron chi connectivity index (χ2n) is 3.91. The molecule has 1 aromatic carbocycles.